The molecule has 1 aromatic rings. The molecule has 2 aliphatic rings. The van der Waals surface area contributed by atoms with E-state index < -0.39 is 0 Å². The van der Waals surface area contributed by atoms with Crippen LogP contribution in [0.5, 0.6) is 0 Å². The number of amides is 2. The molecule has 0 radical (unpaired) electrons. The summed E-state index contributed by atoms with van der Waals surface area (Å²) in [5.41, 5.74) is 1.28. The maximum Gasteiger partial charge on any atom is 0.323 e. The van der Waals surface area contributed by atoms with Crippen molar-refractivity contribution < 1.29 is 9.90 Å². The first-order valence-electron chi connectivity index (χ1n) is 8.39. The van der Waals surface area contributed by atoms with Crippen LogP contribution in [0, 0.1) is 0 Å². The minimum atomic E-state index is -0.0578. The number of thiazole rings is 1. The summed E-state index contributed by atoms with van der Waals surface area (Å²) in [6, 6.07) is -0.0578. The molecular formula is C16H26N4O2S. The third-order valence-electron chi connectivity index (χ3n) is 4.83. The predicted octanol–water partition coefficient (Wildman–Crippen LogP) is 1.90. The van der Waals surface area contributed by atoms with Gasteiger partial charge in [-0.2, -0.15) is 0 Å². The van der Waals surface area contributed by atoms with Gasteiger partial charge in [-0.05, 0) is 19.3 Å². The number of urea groups is 1. The Morgan fingerprint density at radius 1 is 1.35 bits per heavy atom. The highest BCUT2D eigenvalue weighted by Gasteiger charge is 2.31. The zero-order valence-corrected chi connectivity index (χ0v) is 14.8. The van der Waals surface area contributed by atoms with Crippen molar-refractivity contribution in [1.29, 1.82) is 0 Å². The molecule has 128 valence electrons. The molecule has 23 heavy (non-hydrogen) atoms. The van der Waals surface area contributed by atoms with Crippen LogP contribution in [-0.4, -0.2) is 65.3 Å². The van der Waals surface area contributed by atoms with Crippen molar-refractivity contribution in [3.63, 3.8) is 0 Å². The lowest BCUT2D eigenvalue weighted by molar-refractivity contribution is 0.127. The van der Waals surface area contributed by atoms with Gasteiger partial charge in [-0.1, -0.05) is 13.8 Å². The largest absolute Gasteiger partial charge is 0.395 e. The number of piperazine rings is 1. The van der Waals surface area contributed by atoms with Crippen LogP contribution in [0.25, 0.3) is 0 Å². The second-order valence-corrected chi connectivity index (χ2v) is 8.09. The van der Waals surface area contributed by atoms with Crippen molar-refractivity contribution in [3.8, 4) is 0 Å². The molecule has 3 rings (SSSR count). The molecule has 0 aromatic carbocycles. The van der Waals surface area contributed by atoms with E-state index >= 15 is 0 Å². The monoisotopic (exact) mass is 338 g/mol. The van der Waals surface area contributed by atoms with Crippen molar-refractivity contribution in [2.24, 2.45) is 0 Å². The van der Waals surface area contributed by atoms with Gasteiger partial charge in [0, 0.05) is 43.0 Å². The zero-order chi connectivity index (χ0) is 16.4. The minimum absolute atomic E-state index is 0.0578. The average Bonchev–Trinajstić information content (AvgIpc) is 2.92. The highest BCUT2D eigenvalue weighted by molar-refractivity contribution is 7.15. The van der Waals surface area contributed by atoms with Crippen LogP contribution in [0.15, 0.2) is 0 Å². The number of nitrogens with one attached hydrogen (secondary N) is 1. The van der Waals surface area contributed by atoms with Crippen LogP contribution >= 0.6 is 11.3 Å². The van der Waals surface area contributed by atoms with E-state index in [0.717, 1.165) is 36.8 Å². The normalized spacial score (nSPS) is 21.1. The van der Waals surface area contributed by atoms with E-state index in [1.165, 1.54) is 11.3 Å². The van der Waals surface area contributed by atoms with Gasteiger partial charge in [0.1, 0.15) is 0 Å². The van der Waals surface area contributed by atoms with Gasteiger partial charge in [0.2, 0.25) is 0 Å². The standard InChI is InChI=1S/C16H26N4O2S/c1-16(2)5-3-4-12-13(16)17-14(23-12)18-15(22)20-8-6-19(7-9-20)10-11-21/h21H,3-11H2,1-2H3,(H,17,18,22). The van der Waals surface area contributed by atoms with Gasteiger partial charge >= 0.3 is 6.03 Å². The SMILES string of the molecule is CC1(C)CCCc2sc(NC(=O)N3CCN(CCO)CC3)nc21. The Kier molecular flexibility index (Phi) is 4.89. The molecule has 1 saturated heterocycles. The molecule has 1 aliphatic heterocycles. The summed E-state index contributed by atoms with van der Waals surface area (Å²) in [5, 5.41) is 12.7. The molecular weight excluding hydrogens is 312 g/mol. The molecule has 1 aliphatic carbocycles. The van der Waals surface area contributed by atoms with Gasteiger partial charge < -0.3 is 10.0 Å². The molecule has 6 nitrogen and oxygen atoms in total. The second kappa shape index (κ2) is 6.75. The number of aromatic nitrogens is 1. The number of carbonyl (C=O) groups excluding carboxylic acids is 1. The summed E-state index contributed by atoms with van der Waals surface area (Å²) in [7, 11) is 0. The summed E-state index contributed by atoms with van der Waals surface area (Å²) in [6.07, 6.45) is 3.43. The number of aliphatic hydroxyl groups is 1. The van der Waals surface area contributed by atoms with E-state index in [2.05, 4.69) is 24.1 Å². The van der Waals surface area contributed by atoms with Crippen molar-refractivity contribution >= 4 is 22.5 Å². The van der Waals surface area contributed by atoms with Crippen LogP contribution < -0.4 is 5.32 Å². The van der Waals surface area contributed by atoms with E-state index in [0.29, 0.717) is 19.6 Å². The number of carbonyl (C=O) groups is 1. The first-order chi connectivity index (χ1) is 11.0. The molecule has 2 amide bonds. The van der Waals surface area contributed by atoms with E-state index in [4.69, 9.17) is 10.1 Å². The molecule has 0 bridgehead atoms. The second-order valence-electron chi connectivity index (χ2n) is 7.01. The Morgan fingerprint density at radius 2 is 2.09 bits per heavy atom. The van der Waals surface area contributed by atoms with E-state index in [1.807, 2.05) is 4.90 Å². The Morgan fingerprint density at radius 3 is 2.74 bits per heavy atom. The number of fused-ring (bicyclic) bond motifs is 1. The number of anilines is 1. The summed E-state index contributed by atoms with van der Waals surface area (Å²) in [4.78, 5) is 22.5. The average molecular weight is 338 g/mol. The summed E-state index contributed by atoms with van der Waals surface area (Å²) >= 11 is 1.63. The lowest BCUT2D eigenvalue weighted by Crippen LogP contribution is -2.50. The van der Waals surface area contributed by atoms with E-state index in [1.54, 1.807) is 11.3 Å². The number of nitrogens with zero attached hydrogens (tertiary/aromatic N) is 3. The molecule has 7 heteroatoms. The molecule has 1 aromatic heterocycles. The first-order valence-corrected chi connectivity index (χ1v) is 9.20. The fraction of sp³-hybridized carbons (Fsp3) is 0.750. The van der Waals surface area contributed by atoms with Crippen LogP contribution in [0.4, 0.5) is 9.93 Å². The number of hydrogen-bond donors (Lipinski definition) is 2. The highest BCUT2D eigenvalue weighted by Crippen LogP contribution is 2.40. The van der Waals surface area contributed by atoms with Gasteiger partial charge in [0.15, 0.2) is 5.13 Å². The smallest absolute Gasteiger partial charge is 0.323 e. The Hall–Kier alpha value is -1.18. The fourth-order valence-corrected chi connectivity index (χ4v) is 4.57. The third kappa shape index (κ3) is 3.67. The molecule has 0 atom stereocenters. The van der Waals surface area contributed by atoms with E-state index in [-0.39, 0.29) is 18.1 Å². The third-order valence-corrected chi connectivity index (χ3v) is 5.86. The molecule has 2 N–H and O–H groups in total. The summed E-state index contributed by atoms with van der Waals surface area (Å²) in [6.45, 7) is 8.35. The van der Waals surface area contributed by atoms with Crippen molar-refractivity contribution in [2.45, 2.75) is 38.5 Å². The van der Waals surface area contributed by atoms with Crippen LogP contribution in [0.3, 0.4) is 0 Å². The Labute approximate surface area is 141 Å². The molecule has 2 heterocycles. The Bertz CT molecular complexity index is 564. The predicted molar refractivity (Wildman–Crippen MR) is 92.2 cm³/mol. The Balaban J connectivity index is 1.60. The molecule has 0 unspecified atom stereocenters. The lowest BCUT2D eigenvalue weighted by atomic mass is 9.79. The molecule has 0 spiro atoms. The van der Waals surface area contributed by atoms with Crippen molar-refractivity contribution in [3.05, 3.63) is 10.6 Å². The lowest BCUT2D eigenvalue weighted by Gasteiger charge is -2.34. The highest BCUT2D eigenvalue weighted by atomic mass is 32.1. The summed E-state index contributed by atoms with van der Waals surface area (Å²) < 4.78 is 0. The van der Waals surface area contributed by atoms with Gasteiger partial charge in [0.25, 0.3) is 0 Å². The van der Waals surface area contributed by atoms with Gasteiger partial charge in [0.05, 0.1) is 12.3 Å². The van der Waals surface area contributed by atoms with Crippen molar-refractivity contribution in [2.75, 3.05) is 44.6 Å². The molecule has 1 fully saturated rings. The topological polar surface area (TPSA) is 68.7 Å². The molecule has 0 saturated carbocycles. The minimum Gasteiger partial charge on any atom is -0.395 e. The first kappa shape index (κ1) is 16.7. The fourth-order valence-electron chi connectivity index (χ4n) is 3.40. The van der Waals surface area contributed by atoms with Crippen LogP contribution in [0.1, 0.15) is 37.3 Å². The summed E-state index contributed by atoms with van der Waals surface area (Å²) in [5.74, 6) is 0. The quantitative estimate of drug-likeness (QED) is 0.883. The van der Waals surface area contributed by atoms with Gasteiger partial charge in [-0.25, -0.2) is 9.78 Å². The van der Waals surface area contributed by atoms with Crippen molar-refractivity contribution in [1.82, 2.24) is 14.8 Å². The zero-order valence-electron chi connectivity index (χ0n) is 14.0. The maximum absolute atomic E-state index is 12.4. The van der Waals surface area contributed by atoms with E-state index in [9.17, 15) is 4.79 Å². The number of β-amino-alcohol motifs (C(OH)–C–C–N with tert-alkyl or cyclic N) is 1. The number of rotatable bonds is 3. The number of aryl methyl sites for hydroxylation is 1. The number of hydrogen-bond acceptors (Lipinski definition) is 5. The van der Waals surface area contributed by atoms with Crippen LogP contribution in [0.2, 0.25) is 0 Å². The van der Waals surface area contributed by atoms with Gasteiger partial charge in [-0.15, -0.1) is 11.3 Å². The van der Waals surface area contributed by atoms with Crippen LogP contribution in [-0.2, 0) is 11.8 Å². The maximum atomic E-state index is 12.4. The number of aliphatic hydroxyl groups excluding tert-OH is 1. The van der Waals surface area contributed by atoms with Gasteiger partial charge in [-0.3, -0.25) is 10.2 Å².